The van der Waals surface area contributed by atoms with E-state index in [2.05, 4.69) is 0 Å². The Morgan fingerprint density at radius 2 is 1.92 bits per heavy atom. The number of hydrogen-bond acceptors (Lipinski definition) is 4. The Balaban J connectivity index is 1.79. The molecule has 1 fully saturated rings. The number of hydrogen-bond donors (Lipinski definition) is 1. The van der Waals surface area contributed by atoms with Gasteiger partial charge in [-0.1, -0.05) is 23.2 Å². The smallest absolute Gasteiger partial charge is 0.306 e. The summed E-state index contributed by atoms with van der Waals surface area (Å²) in [7, 11) is 0. The maximum absolute atomic E-state index is 12.6. The van der Waals surface area contributed by atoms with Crippen molar-refractivity contribution in [3.8, 4) is 5.75 Å². The van der Waals surface area contributed by atoms with Crippen LogP contribution in [-0.2, 0) is 4.79 Å². The van der Waals surface area contributed by atoms with Crippen molar-refractivity contribution < 1.29 is 19.4 Å². The molecule has 132 valence electrons. The molecule has 0 spiro atoms. The molecule has 7 heteroatoms. The van der Waals surface area contributed by atoms with E-state index in [1.54, 1.807) is 18.2 Å². The fourth-order valence-electron chi connectivity index (χ4n) is 2.94. The van der Waals surface area contributed by atoms with E-state index in [1.165, 1.54) is 11.3 Å². The van der Waals surface area contributed by atoms with E-state index in [0.717, 1.165) is 4.88 Å². The van der Waals surface area contributed by atoms with Crippen LogP contribution in [0.1, 0.15) is 39.4 Å². The molecule has 0 radical (unpaired) electrons. The van der Waals surface area contributed by atoms with Gasteiger partial charge in [0.2, 0.25) is 5.78 Å². The quantitative estimate of drug-likeness (QED) is 0.700. The molecule has 0 aliphatic heterocycles. The van der Waals surface area contributed by atoms with Crippen LogP contribution >= 0.6 is 34.5 Å². The van der Waals surface area contributed by atoms with Gasteiger partial charge in [0.05, 0.1) is 21.9 Å². The molecule has 4 nitrogen and oxygen atoms in total. The monoisotopic (exact) mass is 398 g/mol. The number of aryl methyl sites for hydroxylation is 1. The lowest BCUT2D eigenvalue weighted by Crippen LogP contribution is -2.16. The summed E-state index contributed by atoms with van der Waals surface area (Å²) in [4.78, 5) is 25.2. The van der Waals surface area contributed by atoms with Crippen molar-refractivity contribution in [2.45, 2.75) is 32.3 Å². The van der Waals surface area contributed by atoms with Crippen molar-refractivity contribution >= 4 is 46.3 Å². The molecule has 2 aromatic rings. The fraction of sp³-hybridized carbons (Fsp3) is 0.333. The van der Waals surface area contributed by atoms with Crippen molar-refractivity contribution in [3.05, 3.63) is 49.6 Å². The highest BCUT2D eigenvalue weighted by atomic mass is 35.5. The molecule has 0 saturated heterocycles. The average Bonchev–Trinajstić information content (AvgIpc) is 3.20. The average molecular weight is 399 g/mol. The SMILES string of the molecule is Cc1ccc(C(=O)c2ccc(O[C@H]3CC[C@H](C(=O)O)C3)c(Cl)c2Cl)s1. The van der Waals surface area contributed by atoms with Crippen LogP contribution in [0.2, 0.25) is 10.0 Å². The van der Waals surface area contributed by atoms with Crippen molar-refractivity contribution in [1.82, 2.24) is 0 Å². The van der Waals surface area contributed by atoms with Crippen LogP contribution in [0.4, 0.5) is 0 Å². The van der Waals surface area contributed by atoms with Gasteiger partial charge in [0.25, 0.3) is 0 Å². The fourth-order valence-corrected chi connectivity index (χ4v) is 4.21. The zero-order chi connectivity index (χ0) is 18.1. The lowest BCUT2D eigenvalue weighted by Gasteiger charge is -2.16. The summed E-state index contributed by atoms with van der Waals surface area (Å²) in [6.07, 6.45) is 1.47. The second kappa shape index (κ2) is 7.36. The van der Waals surface area contributed by atoms with Gasteiger partial charge in [-0.3, -0.25) is 9.59 Å². The van der Waals surface area contributed by atoms with Crippen LogP contribution in [0.3, 0.4) is 0 Å². The second-order valence-electron chi connectivity index (χ2n) is 6.07. The largest absolute Gasteiger partial charge is 0.489 e. The molecule has 1 aromatic heterocycles. The molecule has 2 atom stereocenters. The Hall–Kier alpha value is -1.56. The zero-order valence-corrected chi connectivity index (χ0v) is 15.7. The van der Waals surface area contributed by atoms with Gasteiger partial charge in [0, 0.05) is 10.4 Å². The number of aliphatic carboxylic acids is 1. The molecule has 1 saturated carbocycles. The van der Waals surface area contributed by atoms with Gasteiger partial charge in [-0.2, -0.15) is 0 Å². The Kier molecular flexibility index (Phi) is 5.37. The van der Waals surface area contributed by atoms with E-state index in [1.807, 2.05) is 13.0 Å². The number of thiophene rings is 1. The third-order valence-corrected chi connectivity index (χ3v) is 6.15. The third kappa shape index (κ3) is 3.84. The molecule has 3 rings (SSSR count). The van der Waals surface area contributed by atoms with Crippen molar-refractivity contribution in [2.75, 3.05) is 0 Å². The molecule has 1 aliphatic rings. The first kappa shape index (κ1) is 18.2. The van der Waals surface area contributed by atoms with Gasteiger partial charge in [-0.15, -0.1) is 11.3 Å². The summed E-state index contributed by atoms with van der Waals surface area (Å²) in [5.74, 6) is -0.991. The number of benzene rings is 1. The van der Waals surface area contributed by atoms with Crippen LogP contribution in [0, 0.1) is 12.8 Å². The molecule has 0 bridgehead atoms. The maximum atomic E-state index is 12.6. The topological polar surface area (TPSA) is 63.6 Å². The van der Waals surface area contributed by atoms with Gasteiger partial charge >= 0.3 is 5.97 Å². The lowest BCUT2D eigenvalue weighted by atomic mass is 10.1. The molecular formula is C18H16Cl2O4S. The first-order chi connectivity index (χ1) is 11.9. The van der Waals surface area contributed by atoms with Crippen molar-refractivity contribution in [2.24, 2.45) is 5.92 Å². The minimum absolute atomic E-state index is 0.156. The highest BCUT2D eigenvalue weighted by molar-refractivity contribution is 7.14. The van der Waals surface area contributed by atoms with Crippen LogP contribution in [0.25, 0.3) is 0 Å². The molecule has 1 heterocycles. The van der Waals surface area contributed by atoms with Gasteiger partial charge in [-0.05, 0) is 50.5 Å². The Labute approximate surface area is 159 Å². The number of carbonyl (C=O) groups excluding carboxylic acids is 1. The van der Waals surface area contributed by atoms with E-state index in [-0.39, 0.29) is 27.9 Å². The van der Waals surface area contributed by atoms with E-state index < -0.39 is 5.97 Å². The maximum Gasteiger partial charge on any atom is 0.306 e. The number of ketones is 1. The zero-order valence-electron chi connectivity index (χ0n) is 13.4. The summed E-state index contributed by atoms with van der Waals surface area (Å²) >= 11 is 14.0. The van der Waals surface area contributed by atoms with Gasteiger partial charge in [0.1, 0.15) is 10.8 Å². The van der Waals surface area contributed by atoms with E-state index in [4.69, 9.17) is 33.0 Å². The molecule has 1 aliphatic carbocycles. The van der Waals surface area contributed by atoms with Crippen LogP contribution < -0.4 is 4.74 Å². The van der Waals surface area contributed by atoms with Gasteiger partial charge in [-0.25, -0.2) is 0 Å². The van der Waals surface area contributed by atoms with Crippen LogP contribution in [-0.4, -0.2) is 23.0 Å². The van der Waals surface area contributed by atoms with E-state index >= 15 is 0 Å². The number of ether oxygens (including phenoxy) is 1. The normalized spacial score (nSPS) is 19.8. The summed E-state index contributed by atoms with van der Waals surface area (Å²) in [5.41, 5.74) is 0.329. The summed E-state index contributed by atoms with van der Waals surface area (Å²) in [5, 5.41) is 9.40. The Bertz CT molecular complexity index is 830. The first-order valence-electron chi connectivity index (χ1n) is 7.85. The second-order valence-corrected chi connectivity index (χ2v) is 8.11. The lowest BCUT2D eigenvalue weighted by molar-refractivity contribution is -0.141. The standard InChI is InChI=1S/C18H16Cl2O4S/c1-9-2-7-14(25-9)17(21)12-5-6-13(16(20)15(12)19)24-11-4-3-10(8-11)18(22)23/h2,5-7,10-11H,3-4,8H2,1H3,(H,22,23)/t10-,11-/m0/s1. The summed E-state index contributed by atoms with van der Waals surface area (Å²) in [6.45, 7) is 1.93. The number of halogens is 2. The number of rotatable bonds is 5. The predicted molar refractivity (Wildman–Crippen MR) is 98.3 cm³/mol. The Morgan fingerprint density at radius 1 is 1.16 bits per heavy atom. The number of carbonyl (C=O) groups is 2. The van der Waals surface area contributed by atoms with E-state index in [0.29, 0.717) is 35.5 Å². The van der Waals surface area contributed by atoms with E-state index in [9.17, 15) is 9.59 Å². The first-order valence-corrected chi connectivity index (χ1v) is 9.42. The van der Waals surface area contributed by atoms with Crippen molar-refractivity contribution in [1.29, 1.82) is 0 Å². The highest BCUT2D eigenvalue weighted by Gasteiger charge is 2.31. The Morgan fingerprint density at radius 3 is 2.52 bits per heavy atom. The van der Waals surface area contributed by atoms with Gasteiger partial charge < -0.3 is 9.84 Å². The predicted octanol–water partition coefficient (Wildman–Crippen LogP) is 5.23. The molecule has 1 aromatic carbocycles. The minimum atomic E-state index is -0.803. The molecule has 0 unspecified atom stereocenters. The highest BCUT2D eigenvalue weighted by Crippen LogP contribution is 2.38. The molecule has 25 heavy (non-hydrogen) atoms. The van der Waals surface area contributed by atoms with Crippen molar-refractivity contribution in [3.63, 3.8) is 0 Å². The summed E-state index contributed by atoms with van der Waals surface area (Å²) in [6, 6.07) is 6.87. The van der Waals surface area contributed by atoms with Crippen LogP contribution in [0.15, 0.2) is 24.3 Å². The van der Waals surface area contributed by atoms with Gasteiger partial charge in [0.15, 0.2) is 0 Å². The summed E-state index contributed by atoms with van der Waals surface area (Å²) < 4.78 is 5.82. The molecular weight excluding hydrogens is 383 g/mol. The third-order valence-electron chi connectivity index (χ3n) is 4.28. The number of carboxylic acids is 1. The van der Waals surface area contributed by atoms with Crippen LogP contribution in [0.5, 0.6) is 5.75 Å². The molecule has 0 amide bonds. The number of carboxylic acid groups (broad SMARTS) is 1. The minimum Gasteiger partial charge on any atom is -0.489 e. The molecule has 1 N–H and O–H groups in total.